The Labute approximate surface area is 152 Å². The third-order valence-electron chi connectivity index (χ3n) is 5.13. The van der Waals surface area contributed by atoms with Crippen molar-refractivity contribution in [2.75, 3.05) is 39.4 Å². The Morgan fingerprint density at radius 1 is 1.16 bits per heavy atom. The minimum atomic E-state index is -0.291. The second-order valence-electron chi connectivity index (χ2n) is 6.80. The Morgan fingerprint density at radius 2 is 1.96 bits per heavy atom. The lowest BCUT2D eigenvalue weighted by atomic mass is 9.99. The van der Waals surface area contributed by atoms with Gasteiger partial charge >= 0.3 is 0 Å². The molecule has 0 spiro atoms. The largest absolute Gasteiger partial charge is 0.390 e. The standard InChI is InChI=1S/C19H25N3O2S/c23-18-12-21(7-6-17(18)22-8-10-24-11-9-22)13-19-20-16(14-25-19)15-4-2-1-3-5-15/h1-5,14,17-18,23H,6-13H2/t17-,18-/m1/s1. The Kier molecular flexibility index (Phi) is 5.43. The van der Waals surface area contributed by atoms with E-state index in [2.05, 4.69) is 27.3 Å². The summed E-state index contributed by atoms with van der Waals surface area (Å²) in [4.78, 5) is 9.50. The van der Waals surface area contributed by atoms with Crippen LogP contribution in [0.3, 0.4) is 0 Å². The minimum Gasteiger partial charge on any atom is -0.390 e. The third kappa shape index (κ3) is 4.10. The van der Waals surface area contributed by atoms with Crippen LogP contribution < -0.4 is 0 Å². The summed E-state index contributed by atoms with van der Waals surface area (Å²) in [6.45, 7) is 6.01. The highest BCUT2D eigenvalue weighted by Crippen LogP contribution is 2.24. The van der Waals surface area contributed by atoms with Crippen LogP contribution in [0.5, 0.6) is 0 Å². The maximum atomic E-state index is 10.6. The first kappa shape index (κ1) is 17.1. The first-order valence-corrected chi connectivity index (χ1v) is 9.89. The van der Waals surface area contributed by atoms with Crippen molar-refractivity contribution >= 4 is 11.3 Å². The maximum absolute atomic E-state index is 10.6. The molecule has 0 saturated carbocycles. The van der Waals surface area contributed by atoms with E-state index >= 15 is 0 Å². The quantitative estimate of drug-likeness (QED) is 0.906. The third-order valence-corrected chi connectivity index (χ3v) is 5.96. The molecule has 134 valence electrons. The molecule has 2 aromatic rings. The molecular formula is C19H25N3O2S. The molecule has 0 amide bonds. The molecule has 0 aliphatic carbocycles. The molecule has 0 unspecified atom stereocenters. The van der Waals surface area contributed by atoms with Gasteiger partial charge in [0.05, 0.1) is 31.6 Å². The lowest BCUT2D eigenvalue weighted by Crippen LogP contribution is -2.56. The lowest BCUT2D eigenvalue weighted by Gasteiger charge is -2.42. The van der Waals surface area contributed by atoms with Gasteiger partial charge in [0.25, 0.3) is 0 Å². The Balaban J connectivity index is 1.34. The van der Waals surface area contributed by atoms with E-state index in [1.165, 1.54) is 0 Å². The Bertz CT molecular complexity index is 672. The van der Waals surface area contributed by atoms with Crippen molar-refractivity contribution in [3.8, 4) is 11.3 Å². The van der Waals surface area contributed by atoms with Crippen LogP contribution in [0.2, 0.25) is 0 Å². The molecule has 0 bridgehead atoms. The first-order chi connectivity index (χ1) is 12.3. The van der Waals surface area contributed by atoms with E-state index in [9.17, 15) is 5.11 Å². The smallest absolute Gasteiger partial charge is 0.107 e. The summed E-state index contributed by atoms with van der Waals surface area (Å²) in [7, 11) is 0. The molecule has 3 heterocycles. The fraction of sp³-hybridized carbons (Fsp3) is 0.526. The lowest BCUT2D eigenvalue weighted by molar-refractivity contribution is -0.0534. The molecule has 2 atom stereocenters. The number of aliphatic hydroxyl groups is 1. The molecule has 25 heavy (non-hydrogen) atoms. The molecule has 2 saturated heterocycles. The zero-order valence-corrected chi connectivity index (χ0v) is 15.2. The van der Waals surface area contributed by atoms with Gasteiger partial charge in [-0.15, -0.1) is 11.3 Å². The van der Waals surface area contributed by atoms with E-state index in [1.807, 2.05) is 18.2 Å². The molecular weight excluding hydrogens is 334 g/mol. The van der Waals surface area contributed by atoms with E-state index in [4.69, 9.17) is 9.72 Å². The number of hydrogen-bond acceptors (Lipinski definition) is 6. The van der Waals surface area contributed by atoms with Crippen LogP contribution in [0.25, 0.3) is 11.3 Å². The van der Waals surface area contributed by atoms with Crippen molar-refractivity contribution in [1.29, 1.82) is 0 Å². The summed E-state index contributed by atoms with van der Waals surface area (Å²) in [5, 5.41) is 13.9. The zero-order chi connectivity index (χ0) is 17.1. The van der Waals surface area contributed by atoms with Crippen molar-refractivity contribution in [1.82, 2.24) is 14.8 Å². The Hall–Kier alpha value is -1.31. The van der Waals surface area contributed by atoms with Gasteiger partial charge in [-0.25, -0.2) is 4.98 Å². The van der Waals surface area contributed by atoms with Crippen molar-refractivity contribution < 1.29 is 9.84 Å². The highest BCUT2D eigenvalue weighted by molar-refractivity contribution is 7.09. The number of piperidine rings is 1. The number of morpholine rings is 1. The number of thiazole rings is 1. The average molecular weight is 359 g/mol. The molecule has 5 nitrogen and oxygen atoms in total. The number of likely N-dealkylation sites (tertiary alicyclic amines) is 1. The van der Waals surface area contributed by atoms with E-state index in [-0.39, 0.29) is 12.1 Å². The van der Waals surface area contributed by atoms with Crippen LogP contribution >= 0.6 is 11.3 Å². The number of rotatable bonds is 4. The average Bonchev–Trinajstić information content (AvgIpc) is 3.12. The summed E-state index contributed by atoms with van der Waals surface area (Å²) in [5.41, 5.74) is 2.21. The molecule has 1 aromatic heterocycles. The van der Waals surface area contributed by atoms with Gasteiger partial charge in [0, 0.05) is 43.2 Å². The van der Waals surface area contributed by atoms with Gasteiger partial charge in [0.15, 0.2) is 0 Å². The van der Waals surface area contributed by atoms with Crippen LogP contribution in [0.4, 0.5) is 0 Å². The summed E-state index contributed by atoms with van der Waals surface area (Å²) in [6.07, 6.45) is 0.721. The second kappa shape index (κ2) is 7.93. The monoisotopic (exact) mass is 359 g/mol. The van der Waals surface area contributed by atoms with Crippen LogP contribution in [0, 0.1) is 0 Å². The first-order valence-electron chi connectivity index (χ1n) is 9.01. The molecule has 4 rings (SSSR count). The number of aromatic nitrogens is 1. The van der Waals surface area contributed by atoms with Crippen molar-refractivity contribution in [2.24, 2.45) is 0 Å². The minimum absolute atomic E-state index is 0.274. The molecule has 2 aliphatic rings. The van der Waals surface area contributed by atoms with Gasteiger partial charge in [-0.2, -0.15) is 0 Å². The van der Waals surface area contributed by atoms with Crippen LogP contribution in [0.15, 0.2) is 35.7 Å². The van der Waals surface area contributed by atoms with E-state index in [0.717, 1.165) is 68.6 Å². The van der Waals surface area contributed by atoms with Gasteiger partial charge in [-0.3, -0.25) is 9.80 Å². The van der Waals surface area contributed by atoms with Gasteiger partial charge in [-0.05, 0) is 6.42 Å². The van der Waals surface area contributed by atoms with Crippen LogP contribution in [-0.2, 0) is 11.3 Å². The van der Waals surface area contributed by atoms with Crippen molar-refractivity contribution in [3.63, 3.8) is 0 Å². The summed E-state index contributed by atoms with van der Waals surface area (Å²) in [6, 6.07) is 10.6. The normalized spacial score (nSPS) is 26.0. The summed E-state index contributed by atoms with van der Waals surface area (Å²) < 4.78 is 5.42. The van der Waals surface area contributed by atoms with Crippen LogP contribution in [-0.4, -0.2) is 71.4 Å². The fourth-order valence-electron chi connectivity index (χ4n) is 3.78. The van der Waals surface area contributed by atoms with E-state index < -0.39 is 0 Å². The van der Waals surface area contributed by atoms with E-state index in [0.29, 0.717) is 0 Å². The molecule has 1 N–H and O–H groups in total. The predicted octanol–water partition coefficient (Wildman–Crippen LogP) is 2.08. The number of β-amino-alcohol motifs (C(OH)–C–C–N with tert-alkyl or cyclic N) is 1. The zero-order valence-electron chi connectivity index (χ0n) is 14.4. The van der Waals surface area contributed by atoms with E-state index in [1.54, 1.807) is 11.3 Å². The number of nitrogens with zero attached hydrogens (tertiary/aromatic N) is 3. The highest BCUT2D eigenvalue weighted by Gasteiger charge is 2.32. The van der Waals surface area contributed by atoms with Crippen molar-refractivity contribution in [3.05, 3.63) is 40.7 Å². The molecule has 0 radical (unpaired) electrons. The fourth-order valence-corrected chi connectivity index (χ4v) is 4.62. The highest BCUT2D eigenvalue weighted by atomic mass is 32.1. The second-order valence-corrected chi connectivity index (χ2v) is 7.74. The number of aliphatic hydroxyl groups excluding tert-OH is 1. The topological polar surface area (TPSA) is 48.8 Å². The van der Waals surface area contributed by atoms with Gasteiger partial charge < -0.3 is 9.84 Å². The SMILES string of the molecule is O[C@@H]1CN(Cc2nc(-c3ccccc3)cs2)CC[C@H]1N1CCOCC1. The Morgan fingerprint density at radius 3 is 2.72 bits per heavy atom. The van der Waals surface area contributed by atoms with Crippen LogP contribution in [0.1, 0.15) is 11.4 Å². The van der Waals surface area contributed by atoms with Crippen molar-refractivity contribution in [2.45, 2.75) is 25.1 Å². The summed E-state index contributed by atoms with van der Waals surface area (Å²) in [5.74, 6) is 0. The maximum Gasteiger partial charge on any atom is 0.107 e. The molecule has 1 aromatic carbocycles. The molecule has 2 aliphatic heterocycles. The molecule has 2 fully saturated rings. The molecule has 6 heteroatoms. The number of ether oxygens (including phenoxy) is 1. The number of benzene rings is 1. The van der Waals surface area contributed by atoms with Gasteiger partial charge in [0.1, 0.15) is 5.01 Å². The van der Waals surface area contributed by atoms with Gasteiger partial charge in [0.2, 0.25) is 0 Å². The summed E-state index contributed by atoms with van der Waals surface area (Å²) >= 11 is 1.71. The number of hydrogen-bond donors (Lipinski definition) is 1. The predicted molar refractivity (Wildman–Crippen MR) is 99.6 cm³/mol. The van der Waals surface area contributed by atoms with Gasteiger partial charge in [-0.1, -0.05) is 30.3 Å².